The van der Waals surface area contributed by atoms with E-state index in [1.165, 1.54) is 6.42 Å². The highest BCUT2D eigenvalue weighted by Gasteiger charge is 2.30. The van der Waals surface area contributed by atoms with Gasteiger partial charge < -0.3 is 9.53 Å². The molecule has 2 heteroatoms. The Kier molecular flexibility index (Phi) is 3.27. The van der Waals surface area contributed by atoms with Crippen LogP contribution in [0.4, 0.5) is 0 Å². The van der Waals surface area contributed by atoms with Gasteiger partial charge in [0.25, 0.3) is 0 Å². The van der Waals surface area contributed by atoms with E-state index in [-0.39, 0.29) is 6.10 Å². The molecule has 0 amide bonds. The summed E-state index contributed by atoms with van der Waals surface area (Å²) in [5.41, 5.74) is 0. The number of rotatable bonds is 2. The minimum atomic E-state index is 0.161. The summed E-state index contributed by atoms with van der Waals surface area (Å²) >= 11 is 0. The van der Waals surface area contributed by atoms with Crippen LogP contribution in [0.15, 0.2) is 0 Å². The normalized spacial score (nSPS) is 42.6. The molecule has 1 fully saturated rings. The van der Waals surface area contributed by atoms with Gasteiger partial charge in [0, 0.05) is 6.42 Å². The quantitative estimate of drug-likeness (QED) is 0.593. The molecule has 70 valence electrons. The minimum absolute atomic E-state index is 0.161. The van der Waals surface area contributed by atoms with Gasteiger partial charge in [-0.25, -0.2) is 0 Å². The molecule has 1 saturated heterocycles. The van der Waals surface area contributed by atoms with Gasteiger partial charge in [0.05, 0.1) is 12.2 Å². The smallest absolute Gasteiger partial charge is 0.122 e. The van der Waals surface area contributed by atoms with Crippen LogP contribution >= 0.6 is 0 Å². The molecule has 0 aromatic carbocycles. The molecule has 4 atom stereocenters. The third-order valence-corrected chi connectivity index (χ3v) is 2.90. The number of hydrogen-bond acceptors (Lipinski definition) is 2. The largest absolute Gasteiger partial charge is 0.374 e. The Balaban J connectivity index is 2.49. The first-order valence-electron chi connectivity index (χ1n) is 4.74. The summed E-state index contributed by atoms with van der Waals surface area (Å²) in [7, 11) is 0. The third-order valence-electron chi connectivity index (χ3n) is 2.90. The van der Waals surface area contributed by atoms with Crippen LogP contribution in [-0.2, 0) is 9.53 Å². The molecular weight excluding hydrogens is 152 g/mol. The average Bonchev–Trinajstić information content (AvgIpc) is 2.01. The number of aldehydes is 1. The van der Waals surface area contributed by atoms with Crippen molar-refractivity contribution in [3.63, 3.8) is 0 Å². The zero-order valence-corrected chi connectivity index (χ0v) is 8.12. The lowest BCUT2D eigenvalue weighted by atomic mass is 9.85. The van der Waals surface area contributed by atoms with Crippen molar-refractivity contribution in [3.8, 4) is 0 Å². The van der Waals surface area contributed by atoms with E-state index in [1.54, 1.807) is 0 Å². The number of carbonyl (C=O) groups is 1. The Morgan fingerprint density at radius 2 is 2.00 bits per heavy atom. The molecule has 1 aliphatic rings. The maximum Gasteiger partial charge on any atom is 0.122 e. The lowest BCUT2D eigenvalue weighted by molar-refractivity contribution is -0.122. The van der Waals surface area contributed by atoms with Crippen molar-refractivity contribution in [1.29, 1.82) is 0 Å². The van der Waals surface area contributed by atoms with Crippen molar-refractivity contribution in [2.75, 3.05) is 0 Å². The Labute approximate surface area is 74.3 Å². The second-order valence-electron chi connectivity index (χ2n) is 3.97. The van der Waals surface area contributed by atoms with Crippen LogP contribution in [0.3, 0.4) is 0 Å². The SMILES string of the molecule is CC1CC(C)C(CC=O)OC1C. The number of hydrogen-bond donors (Lipinski definition) is 0. The molecule has 1 rings (SSSR count). The van der Waals surface area contributed by atoms with Gasteiger partial charge in [-0.2, -0.15) is 0 Å². The Bertz CT molecular complexity index is 156. The second kappa shape index (κ2) is 4.04. The van der Waals surface area contributed by atoms with Gasteiger partial charge in [-0.15, -0.1) is 0 Å². The van der Waals surface area contributed by atoms with Gasteiger partial charge in [-0.05, 0) is 25.2 Å². The van der Waals surface area contributed by atoms with Gasteiger partial charge in [0.1, 0.15) is 6.29 Å². The maximum atomic E-state index is 10.3. The van der Waals surface area contributed by atoms with Gasteiger partial charge in [0.15, 0.2) is 0 Å². The van der Waals surface area contributed by atoms with E-state index in [4.69, 9.17) is 4.74 Å². The first kappa shape index (κ1) is 9.72. The molecule has 0 aromatic rings. The Morgan fingerprint density at radius 3 is 2.58 bits per heavy atom. The topological polar surface area (TPSA) is 26.3 Å². The van der Waals surface area contributed by atoms with Crippen LogP contribution in [0.5, 0.6) is 0 Å². The van der Waals surface area contributed by atoms with Crippen LogP contribution < -0.4 is 0 Å². The van der Waals surface area contributed by atoms with Crippen molar-refractivity contribution in [1.82, 2.24) is 0 Å². The lowest BCUT2D eigenvalue weighted by Crippen LogP contribution is -2.37. The van der Waals surface area contributed by atoms with E-state index in [0.717, 1.165) is 6.29 Å². The van der Waals surface area contributed by atoms with Crippen LogP contribution in [0.2, 0.25) is 0 Å². The Morgan fingerprint density at radius 1 is 1.33 bits per heavy atom. The van der Waals surface area contributed by atoms with Crippen molar-refractivity contribution >= 4 is 6.29 Å². The fourth-order valence-electron chi connectivity index (χ4n) is 1.86. The zero-order chi connectivity index (χ0) is 9.14. The molecule has 0 aliphatic carbocycles. The summed E-state index contributed by atoms with van der Waals surface area (Å²) in [6, 6.07) is 0. The van der Waals surface area contributed by atoms with E-state index >= 15 is 0 Å². The average molecular weight is 170 g/mol. The van der Waals surface area contributed by atoms with Crippen molar-refractivity contribution in [2.24, 2.45) is 11.8 Å². The first-order valence-corrected chi connectivity index (χ1v) is 4.74. The van der Waals surface area contributed by atoms with Gasteiger partial charge in [-0.3, -0.25) is 0 Å². The summed E-state index contributed by atoms with van der Waals surface area (Å²) in [6.07, 6.45) is 3.17. The van der Waals surface area contributed by atoms with E-state index in [0.29, 0.717) is 24.4 Å². The van der Waals surface area contributed by atoms with Crippen molar-refractivity contribution in [2.45, 2.75) is 45.8 Å². The van der Waals surface area contributed by atoms with Crippen LogP contribution in [0.25, 0.3) is 0 Å². The standard InChI is InChI=1S/C10H18O2/c1-7-6-8(2)10(4-5-11)12-9(7)3/h5,7-10H,4,6H2,1-3H3. The lowest BCUT2D eigenvalue weighted by Gasteiger charge is -2.36. The molecule has 0 bridgehead atoms. The van der Waals surface area contributed by atoms with Crippen LogP contribution in [0, 0.1) is 11.8 Å². The minimum Gasteiger partial charge on any atom is -0.374 e. The van der Waals surface area contributed by atoms with E-state index in [2.05, 4.69) is 20.8 Å². The molecular formula is C10H18O2. The molecule has 0 aromatic heterocycles. The van der Waals surface area contributed by atoms with Gasteiger partial charge >= 0.3 is 0 Å². The predicted octanol–water partition coefficient (Wildman–Crippen LogP) is 2.02. The molecule has 1 aliphatic heterocycles. The molecule has 0 N–H and O–H groups in total. The fourth-order valence-corrected chi connectivity index (χ4v) is 1.86. The summed E-state index contributed by atoms with van der Waals surface area (Å²) in [5, 5.41) is 0. The first-order chi connectivity index (χ1) is 5.65. The number of ether oxygens (including phenoxy) is 1. The molecule has 2 nitrogen and oxygen atoms in total. The summed E-state index contributed by atoms with van der Waals surface area (Å²) in [4.78, 5) is 10.3. The summed E-state index contributed by atoms with van der Waals surface area (Å²) in [5.74, 6) is 1.16. The summed E-state index contributed by atoms with van der Waals surface area (Å²) < 4.78 is 5.72. The summed E-state index contributed by atoms with van der Waals surface area (Å²) in [6.45, 7) is 6.46. The van der Waals surface area contributed by atoms with Crippen molar-refractivity contribution in [3.05, 3.63) is 0 Å². The molecule has 0 radical (unpaired) electrons. The molecule has 0 saturated carbocycles. The molecule has 1 heterocycles. The van der Waals surface area contributed by atoms with E-state index in [9.17, 15) is 4.79 Å². The highest BCUT2D eigenvalue weighted by molar-refractivity contribution is 5.50. The molecule has 12 heavy (non-hydrogen) atoms. The number of carbonyl (C=O) groups excluding carboxylic acids is 1. The van der Waals surface area contributed by atoms with Gasteiger partial charge in [0.2, 0.25) is 0 Å². The van der Waals surface area contributed by atoms with Crippen LogP contribution in [0.1, 0.15) is 33.6 Å². The highest BCUT2D eigenvalue weighted by Crippen LogP contribution is 2.30. The predicted molar refractivity (Wildman–Crippen MR) is 48.0 cm³/mol. The Hall–Kier alpha value is -0.370. The zero-order valence-electron chi connectivity index (χ0n) is 8.12. The maximum absolute atomic E-state index is 10.3. The molecule has 0 spiro atoms. The van der Waals surface area contributed by atoms with Crippen LogP contribution in [-0.4, -0.2) is 18.5 Å². The second-order valence-corrected chi connectivity index (χ2v) is 3.97. The van der Waals surface area contributed by atoms with E-state index < -0.39 is 0 Å². The third kappa shape index (κ3) is 2.07. The fraction of sp³-hybridized carbons (Fsp3) is 0.900. The molecule has 4 unspecified atom stereocenters. The van der Waals surface area contributed by atoms with E-state index in [1.807, 2.05) is 0 Å². The highest BCUT2D eigenvalue weighted by atomic mass is 16.5. The van der Waals surface area contributed by atoms with Gasteiger partial charge in [-0.1, -0.05) is 13.8 Å². The monoisotopic (exact) mass is 170 g/mol. The van der Waals surface area contributed by atoms with Crippen molar-refractivity contribution < 1.29 is 9.53 Å².